The number of nitrogens with one attached hydrogen (secondary N) is 1. The fourth-order valence-electron chi connectivity index (χ4n) is 0.696. The van der Waals surface area contributed by atoms with Crippen molar-refractivity contribution in [2.45, 2.75) is 27.2 Å². The SMILES string of the molecule is CC/C(C)=C(\NC(C)=O)C(=O)O. The zero-order valence-electron chi connectivity index (χ0n) is 7.47. The van der Waals surface area contributed by atoms with E-state index in [4.69, 9.17) is 5.11 Å². The molecular formula is C8H13NO3. The molecule has 1 amide bonds. The first-order chi connectivity index (χ1) is 5.49. The highest BCUT2D eigenvalue weighted by molar-refractivity contribution is 5.92. The van der Waals surface area contributed by atoms with Gasteiger partial charge in [-0.3, -0.25) is 4.79 Å². The number of carboxylic acid groups (broad SMARTS) is 1. The van der Waals surface area contributed by atoms with Gasteiger partial charge in [0.15, 0.2) is 0 Å². The van der Waals surface area contributed by atoms with E-state index in [1.54, 1.807) is 6.92 Å². The Morgan fingerprint density at radius 2 is 1.83 bits per heavy atom. The Bertz CT molecular complexity index is 230. The van der Waals surface area contributed by atoms with Crippen LogP contribution in [0.15, 0.2) is 11.3 Å². The van der Waals surface area contributed by atoms with E-state index in [9.17, 15) is 9.59 Å². The van der Waals surface area contributed by atoms with E-state index in [1.165, 1.54) is 6.92 Å². The molecule has 0 saturated carbocycles. The minimum Gasteiger partial charge on any atom is -0.477 e. The van der Waals surface area contributed by atoms with Crippen LogP contribution in [0.1, 0.15) is 27.2 Å². The fourth-order valence-corrected chi connectivity index (χ4v) is 0.696. The standard InChI is InChI=1S/C8H13NO3/c1-4-5(2)7(8(11)12)9-6(3)10/h4H2,1-3H3,(H,9,10)(H,11,12)/b7-5-. The lowest BCUT2D eigenvalue weighted by atomic mass is 10.2. The maximum Gasteiger partial charge on any atom is 0.352 e. The maximum absolute atomic E-state index is 10.6. The quantitative estimate of drug-likeness (QED) is 0.620. The number of hydrogen-bond donors (Lipinski definition) is 2. The molecule has 12 heavy (non-hydrogen) atoms. The van der Waals surface area contributed by atoms with Crippen molar-refractivity contribution in [3.63, 3.8) is 0 Å². The summed E-state index contributed by atoms with van der Waals surface area (Å²) in [6.45, 7) is 4.80. The zero-order valence-corrected chi connectivity index (χ0v) is 7.47. The fraction of sp³-hybridized carbons (Fsp3) is 0.500. The lowest BCUT2D eigenvalue weighted by Crippen LogP contribution is -2.26. The van der Waals surface area contributed by atoms with E-state index < -0.39 is 5.97 Å². The summed E-state index contributed by atoms with van der Waals surface area (Å²) in [6.07, 6.45) is 0.613. The molecule has 0 aromatic carbocycles. The van der Waals surface area contributed by atoms with E-state index in [1.807, 2.05) is 6.92 Å². The van der Waals surface area contributed by atoms with Gasteiger partial charge in [-0.25, -0.2) is 4.79 Å². The molecule has 0 atom stereocenters. The van der Waals surface area contributed by atoms with Gasteiger partial charge in [-0.05, 0) is 18.9 Å². The molecule has 0 aromatic heterocycles. The number of allylic oxidation sites excluding steroid dienone is 1. The summed E-state index contributed by atoms with van der Waals surface area (Å²) in [5.41, 5.74) is 0.655. The molecule has 0 unspecified atom stereocenters. The number of rotatable bonds is 3. The molecule has 0 aliphatic rings. The molecule has 0 spiro atoms. The van der Waals surface area contributed by atoms with Crippen LogP contribution in [-0.2, 0) is 9.59 Å². The van der Waals surface area contributed by atoms with Gasteiger partial charge in [0.05, 0.1) is 0 Å². The second-order valence-electron chi connectivity index (χ2n) is 2.50. The van der Waals surface area contributed by atoms with Gasteiger partial charge in [-0.2, -0.15) is 0 Å². The number of carbonyl (C=O) groups is 2. The third kappa shape index (κ3) is 3.18. The van der Waals surface area contributed by atoms with Crippen LogP contribution in [0.25, 0.3) is 0 Å². The zero-order chi connectivity index (χ0) is 9.72. The van der Waals surface area contributed by atoms with Gasteiger partial charge in [0.2, 0.25) is 5.91 Å². The molecule has 68 valence electrons. The molecule has 0 fully saturated rings. The van der Waals surface area contributed by atoms with E-state index in [2.05, 4.69) is 5.32 Å². The second-order valence-corrected chi connectivity index (χ2v) is 2.50. The van der Waals surface area contributed by atoms with Crippen molar-refractivity contribution in [1.29, 1.82) is 0 Å². The highest BCUT2D eigenvalue weighted by Crippen LogP contribution is 2.04. The molecule has 4 nitrogen and oxygen atoms in total. The predicted molar refractivity (Wildman–Crippen MR) is 44.4 cm³/mol. The second kappa shape index (κ2) is 4.54. The van der Waals surface area contributed by atoms with Crippen LogP contribution >= 0.6 is 0 Å². The van der Waals surface area contributed by atoms with Gasteiger partial charge in [-0.15, -0.1) is 0 Å². The first kappa shape index (κ1) is 10.7. The van der Waals surface area contributed by atoms with Crippen molar-refractivity contribution < 1.29 is 14.7 Å². The molecule has 0 radical (unpaired) electrons. The molecule has 0 heterocycles. The summed E-state index contributed by atoms with van der Waals surface area (Å²) in [6, 6.07) is 0. The van der Waals surface area contributed by atoms with E-state index >= 15 is 0 Å². The maximum atomic E-state index is 10.6. The molecule has 0 rings (SSSR count). The van der Waals surface area contributed by atoms with Crippen LogP contribution in [0.4, 0.5) is 0 Å². The highest BCUT2D eigenvalue weighted by Gasteiger charge is 2.10. The van der Waals surface area contributed by atoms with Crippen molar-refractivity contribution in [3.8, 4) is 0 Å². The molecule has 0 aliphatic heterocycles. The van der Waals surface area contributed by atoms with Crippen LogP contribution in [0.5, 0.6) is 0 Å². The Morgan fingerprint density at radius 3 is 2.08 bits per heavy atom. The number of hydrogen-bond acceptors (Lipinski definition) is 2. The first-order valence-corrected chi connectivity index (χ1v) is 3.69. The van der Waals surface area contributed by atoms with Gasteiger partial charge < -0.3 is 10.4 Å². The predicted octanol–water partition coefficient (Wildman–Crippen LogP) is 0.891. The van der Waals surface area contributed by atoms with Crippen LogP contribution in [0, 0.1) is 0 Å². The van der Waals surface area contributed by atoms with Gasteiger partial charge in [0, 0.05) is 6.92 Å². The average Bonchev–Trinajstić information content (AvgIpc) is 1.98. The number of carbonyl (C=O) groups excluding carboxylic acids is 1. The van der Waals surface area contributed by atoms with Crippen molar-refractivity contribution in [3.05, 3.63) is 11.3 Å². The van der Waals surface area contributed by atoms with Crippen LogP contribution in [0.3, 0.4) is 0 Å². The van der Waals surface area contributed by atoms with Gasteiger partial charge in [-0.1, -0.05) is 6.92 Å². The van der Waals surface area contributed by atoms with E-state index in [0.29, 0.717) is 12.0 Å². The number of aliphatic carboxylic acids is 1. The van der Waals surface area contributed by atoms with Gasteiger partial charge in [0.25, 0.3) is 0 Å². The van der Waals surface area contributed by atoms with Gasteiger partial charge in [0.1, 0.15) is 5.70 Å². The highest BCUT2D eigenvalue weighted by atomic mass is 16.4. The monoisotopic (exact) mass is 171 g/mol. The van der Waals surface area contributed by atoms with Crippen LogP contribution < -0.4 is 5.32 Å². The number of carboxylic acids is 1. The largest absolute Gasteiger partial charge is 0.477 e. The van der Waals surface area contributed by atoms with Crippen LogP contribution in [0.2, 0.25) is 0 Å². The summed E-state index contributed by atoms with van der Waals surface area (Å²) in [5, 5.41) is 10.9. The minimum atomic E-state index is -1.09. The number of amides is 1. The van der Waals surface area contributed by atoms with Crippen molar-refractivity contribution in [2.75, 3.05) is 0 Å². The molecule has 2 N–H and O–H groups in total. The Kier molecular flexibility index (Phi) is 4.04. The normalized spacial score (nSPS) is 11.9. The summed E-state index contributed by atoms with van der Waals surface area (Å²) >= 11 is 0. The smallest absolute Gasteiger partial charge is 0.352 e. The Balaban J connectivity index is 4.66. The third-order valence-electron chi connectivity index (χ3n) is 1.47. The topological polar surface area (TPSA) is 66.4 Å². The Morgan fingerprint density at radius 1 is 1.33 bits per heavy atom. The molecule has 0 aliphatic carbocycles. The Labute approximate surface area is 71.3 Å². The van der Waals surface area contributed by atoms with E-state index in [0.717, 1.165) is 0 Å². The van der Waals surface area contributed by atoms with Crippen molar-refractivity contribution >= 4 is 11.9 Å². The lowest BCUT2D eigenvalue weighted by molar-refractivity contribution is -0.134. The van der Waals surface area contributed by atoms with E-state index in [-0.39, 0.29) is 11.6 Å². The average molecular weight is 171 g/mol. The summed E-state index contributed by atoms with van der Waals surface area (Å²) < 4.78 is 0. The van der Waals surface area contributed by atoms with Gasteiger partial charge >= 0.3 is 5.97 Å². The minimum absolute atomic E-state index is 0.00926. The van der Waals surface area contributed by atoms with Crippen molar-refractivity contribution in [2.24, 2.45) is 0 Å². The molecule has 0 bridgehead atoms. The molecule has 4 heteroatoms. The first-order valence-electron chi connectivity index (χ1n) is 3.69. The summed E-state index contributed by atoms with van der Waals surface area (Å²) in [4.78, 5) is 21.1. The van der Waals surface area contributed by atoms with Crippen LogP contribution in [-0.4, -0.2) is 17.0 Å². The Hall–Kier alpha value is -1.32. The summed E-state index contributed by atoms with van der Waals surface area (Å²) in [5.74, 6) is -1.45. The molecule has 0 saturated heterocycles. The third-order valence-corrected chi connectivity index (χ3v) is 1.47. The molecule has 0 aromatic rings. The summed E-state index contributed by atoms with van der Waals surface area (Å²) in [7, 11) is 0. The molecular weight excluding hydrogens is 158 g/mol. The van der Waals surface area contributed by atoms with Crippen molar-refractivity contribution in [1.82, 2.24) is 5.32 Å². The lowest BCUT2D eigenvalue weighted by Gasteiger charge is -2.05.